The van der Waals surface area contributed by atoms with Crippen molar-refractivity contribution < 1.29 is 5.11 Å². The smallest absolute Gasteiger partial charge is 0.132 e. The van der Waals surface area contributed by atoms with Gasteiger partial charge in [0.1, 0.15) is 5.82 Å². The van der Waals surface area contributed by atoms with E-state index in [1.165, 1.54) is 10.9 Å². The van der Waals surface area contributed by atoms with Crippen LogP contribution < -0.4 is 4.90 Å². The van der Waals surface area contributed by atoms with Crippen LogP contribution in [-0.4, -0.2) is 29.3 Å². The van der Waals surface area contributed by atoms with Gasteiger partial charge in [0.05, 0.1) is 11.6 Å². The molecular weight excluding hydrogens is 212 g/mol. The van der Waals surface area contributed by atoms with Crippen molar-refractivity contribution in [1.29, 1.82) is 0 Å². The molecule has 0 unspecified atom stereocenters. The topological polar surface area (TPSA) is 36.4 Å². The highest BCUT2D eigenvalue weighted by molar-refractivity contribution is 5.81. The van der Waals surface area contributed by atoms with Gasteiger partial charge in [0.2, 0.25) is 0 Å². The summed E-state index contributed by atoms with van der Waals surface area (Å²) in [6.07, 6.45) is 0.635. The zero-order valence-electron chi connectivity index (χ0n) is 9.93. The van der Waals surface area contributed by atoms with Gasteiger partial charge in [-0.2, -0.15) is 0 Å². The lowest BCUT2D eigenvalue weighted by Gasteiger charge is -2.19. The Balaban J connectivity index is 2.07. The largest absolute Gasteiger partial charge is 0.391 e. The zero-order chi connectivity index (χ0) is 11.8. The molecule has 0 spiro atoms. The summed E-state index contributed by atoms with van der Waals surface area (Å²) in [7, 11) is 0. The van der Waals surface area contributed by atoms with E-state index >= 15 is 0 Å². The number of benzene rings is 1. The predicted octanol–water partition coefficient (Wildman–Crippen LogP) is 2.11. The molecule has 1 aliphatic heterocycles. The molecule has 3 heteroatoms. The summed E-state index contributed by atoms with van der Waals surface area (Å²) in [5.41, 5.74) is 2.20. The first-order valence-corrected chi connectivity index (χ1v) is 6.03. The molecule has 1 saturated heterocycles. The van der Waals surface area contributed by atoms with Gasteiger partial charge in [-0.15, -0.1) is 0 Å². The first-order chi connectivity index (χ1) is 8.24. The molecule has 1 aromatic heterocycles. The molecule has 2 heterocycles. The monoisotopic (exact) mass is 228 g/mol. The van der Waals surface area contributed by atoms with E-state index < -0.39 is 0 Å². The van der Waals surface area contributed by atoms with Crippen molar-refractivity contribution in [2.45, 2.75) is 19.4 Å². The Labute approximate surface area is 101 Å². The van der Waals surface area contributed by atoms with Crippen LogP contribution >= 0.6 is 0 Å². The van der Waals surface area contributed by atoms with Crippen LogP contribution in [0.4, 0.5) is 5.82 Å². The number of aryl methyl sites for hydroxylation is 1. The summed E-state index contributed by atoms with van der Waals surface area (Å²) in [5.74, 6) is 1.01. The average Bonchev–Trinajstić information content (AvgIpc) is 2.75. The molecule has 3 nitrogen and oxygen atoms in total. The maximum Gasteiger partial charge on any atom is 0.132 e. The fourth-order valence-electron chi connectivity index (χ4n) is 2.47. The average molecular weight is 228 g/mol. The number of aliphatic hydroxyl groups is 1. The van der Waals surface area contributed by atoms with Crippen LogP contribution in [0.1, 0.15) is 12.0 Å². The Kier molecular flexibility index (Phi) is 2.48. The van der Waals surface area contributed by atoms with Crippen molar-refractivity contribution in [2.24, 2.45) is 0 Å². The van der Waals surface area contributed by atoms with E-state index in [0.29, 0.717) is 6.54 Å². The van der Waals surface area contributed by atoms with E-state index in [1.807, 2.05) is 18.2 Å². The van der Waals surface area contributed by atoms with Crippen molar-refractivity contribution in [3.63, 3.8) is 0 Å². The van der Waals surface area contributed by atoms with Crippen LogP contribution in [-0.2, 0) is 0 Å². The molecule has 1 atom stereocenters. The van der Waals surface area contributed by atoms with Crippen LogP contribution in [0.25, 0.3) is 10.9 Å². The zero-order valence-corrected chi connectivity index (χ0v) is 9.93. The van der Waals surface area contributed by atoms with Crippen LogP contribution in [0, 0.1) is 6.92 Å². The molecule has 1 fully saturated rings. The molecule has 2 aromatic rings. The van der Waals surface area contributed by atoms with E-state index in [1.54, 1.807) is 0 Å². The van der Waals surface area contributed by atoms with Crippen molar-refractivity contribution in [1.82, 2.24) is 4.98 Å². The third-order valence-electron chi connectivity index (χ3n) is 3.35. The molecule has 0 aliphatic carbocycles. The van der Waals surface area contributed by atoms with Gasteiger partial charge in [-0.25, -0.2) is 4.98 Å². The van der Waals surface area contributed by atoms with Gasteiger partial charge in [0.25, 0.3) is 0 Å². The number of β-amino-alcohol motifs (C(OH)–C–C–N with tert-alkyl or cyclic N) is 1. The van der Waals surface area contributed by atoms with Gasteiger partial charge < -0.3 is 10.0 Å². The lowest BCUT2D eigenvalue weighted by atomic mass is 10.1. The van der Waals surface area contributed by atoms with Crippen molar-refractivity contribution in [3.8, 4) is 0 Å². The number of pyridine rings is 1. The van der Waals surface area contributed by atoms with Crippen molar-refractivity contribution in [3.05, 3.63) is 35.9 Å². The second-order valence-corrected chi connectivity index (χ2v) is 4.71. The minimum absolute atomic E-state index is 0.206. The Morgan fingerprint density at radius 1 is 1.35 bits per heavy atom. The second-order valence-electron chi connectivity index (χ2n) is 4.71. The van der Waals surface area contributed by atoms with Crippen LogP contribution in [0.15, 0.2) is 30.3 Å². The standard InChI is InChI=1S/C14H16N2O/c1-10-8-11-4-2-3-5-13(11)15-14(10)16-7-6-12(17)9-16/h2-5,8,12,17H,6-7,9H2,1H3/t12-/m0/s1. The van der Waals surface area contributed by atoms with E-state index in [2.05, 4.69) is 24.0 Å². The highest BCUT2D eigenvalue weighted by Crippen LogP contribution is 2.25. The minimum atomic E-state index is -0.206. The number of rotatable bonds is 1. The lowest BCUT2D eigenvalue weighted by Crippen LogP contribution is -2.23. The summed E-state index contributed by atoms with van der Waals surface area (Å²) in [4.78, 5) is 6.88. The number of aliphatic hydroxyl groups excluding tert-OH is 1. The lowest BCUT2D eigenvalue weighted by molar-refractivity contribution is 0.198. The molecule has 88 valence electrons. The van der Waals surface area contributed by atoms with E-state index in [0.717, 1.165) is 24.3 Å². The molecule has 0 bridgehead atoms. The SMILES string of the molecule is Cc1cc2ccccc2nc1N1CC[C@H](O)C1. The van der Waals surface area contributed by atoms with Crippen LogP contribution in [0.3, 0.4) is 0 Å². The van der Waals surface area contributed by atoms with Crippen molar-refractivity contribution in [2.75, 3.05) is 18.0 Å². The molecular formula is C14H16N2O. The summed E-state index contributed by atoms with van der Waals surface area (Å²) >= 11 is 0. The Morgan fingerprint density at radius 2 is 2.18 bits per heavy atom. The highest BCUT2D eigenvalue weighted by Gasteiger charge is 2.22. The van der Waals surface area contributed by atoms with E-state index in [9.17, 15) is 5.11 Å². The Bertz CT molecular complexity index is 553. The summed E-state index contributed by atoms with van der Waals surface area (Å²) in [6, 6.07) is 10.3. The number of hydrogen-bond donors (Lipinski definition) is 1. The van der Waals surface area contributed by atoms with E-state index in [4.69, 9.17) is 4.98 Å². The fourth-order valence-corrected chi connectivity index (χ4v) is 2.47. The Morgan fingerprint density at radius 3 is 2.94 bits per heavy atom. The molecule has 3 rings (SSSR count). The minimum Gasteiger partial charge on any atom is -0.391 e. The third-order valence-corrected chi connectivity index (χ3v) is 3.35. The Hall–Kier alpha value is -1.61. The maximum atomic E-state index is 9.60. The predicted molar refractivity (Wildman–Crippen MR) is 69.3 cm³/mol. The summed E-state index contributed by atoms with van der Waals surface area (Å²) in [5, 5.41) is 10.8. The molecule has 0 amide bonds. The fraction of sp³-hybridized carbons (Fsp3) is 0.357. The van der Waals surface area contributed by atoms with E-state index in [-0.39, 0.29) is 6.10 Å². The van der Waals surface area contributed by atoms with Crippen molar-refractivity contribution >= 4 is 16.7 Å². The van der Waals surface area contributed by atoms with Crippen LogP contribution in [0.5, 0.6) is 0 Å². The molecule has 1 aromatic carbocycles. The summed E-state index contributed by atoms with van der Waals surface area (Å²) in [6.45, 7) is 3.68. The number of aromatic nitrogens is 1. The maximum absolute atomic E-state index is 9.60. The quantitative estimate of drug-likeness (QED) is 0.812. The number of fused-ring (bicyclic) bond motifs is 1. The molecule has 0 radical (unpaired) electrons. The molecule has 0 saturated carbocycles. The molecule has 1 N–H and O–H groups in total. The number of hydrogen-bond acceptors (Lipinski definition) is 3. The van der Waals surface area contributed by atoms with Gasteiger partial charge in [-0.3, -0.25) is 0 Å². The molecule has 1 aliphatic rings. The van der Waals surface area contributed by atoms with Gasteiger partial charge in [-0.05, 0) is 31.0 Å². The number of para-hydroxylation sites is 1. The first kappa shape index (κ1) is 10.5. The summed E-state index contributed by atoms with van der Waals surface area (Å²) < 4.78 is 0. The van der Waals surface area contributed by atoms with Gasteiger partial charge in [-0.1, -0.05) is 18.2 Å². The number of anilines is 1. The van der Waals surface area contributed by atoms with Crippen LogP contribution in [0.2, 0.25) is 0 Å². The van der Waals surface area contributed by atoms with Gasteiger partial charge in [0.15, 0.2) is 0 Å². The molecule has 17 heavy (non-hydrogen) atoms. The van der Waals surface area contributed by atoms with Gasteiger partial charge >= 0.3 is 0 Å². The third kappa shape index (κ3) is 1.87. The van der Waals surface area contributed by atoms with Gasteiger partial charge in [0, 0.05) is 18.5 Å². The first-order valence-electron chi connectivity index (χ1n) is 6.03. The number of nitrogens with zero attached hydrogens (tertiary/aromatic N) is 2. The normalized spacial score (nSPS) is 20.1. The highest BCUT2D eigenvalue weighted by atomic mass is 16.3. The second kappa shape index (κ2) is 4.00.